The normalized spacial score (nSPS) is 16.6. The highest BCUT2D eigenvalue weighted by Gasteiger charge is 2.13. The van der Waals surface area contributed by atoms with Crippen LogP contribution < -0.4 is 4.90 Å². The zero-order chi connectivity index (χ0) is 13.7. The lowest BCUT2D eigenvalue weighted by Crippen LogP contribution is -2.26. The van der Waals surface area contributed by atoms with E-state index >= 15 is 0 Å². The van der Waals surface area contributed by atoms with Gasteiger partial charge in [0.25, 0.3) is 0 Å². The van der Waals surface area contributed by atoms with Gasteiger partial charge in [-0.3, -0.25) is 0 Å². The van der Waals surface area contributed by atoms with E-state index in [0.29, 0.717) is 12.2 Å². The van der Waals surface area contributed by atoms with E-state index in [1.54, 1.807) is 6.07 Å². The number of carboxylic acid groups (broad SMARTS) is 1. The van der Waals surface area contributed by atoms with E-state index in [4.69, 9.17) is 9.84 Å². The molecule has 1 N–H and O–H groups in total. The van der Waals surface area contributed by atoms with Crippen LogP contribution in [0, 0.1) is 5.82 Å². The quantitative estimate of drug-likeness (QED) is 0.851. The summed E-state index contributed by atoms with van der Waals surface area (Å²) in [6.45, 7) is 2.89. The lowest BCUT2D eigenvalue weighted by molar-refractivity contribution is -0.131. The van der Waals surface area contributed by atoms with Crippen molar-refractivity contribution >= 4 is 17.7 Å². The zero-order valence-corrected chi connectivity index (χ0v) is 10.5. The Bertz CT molecular complexity index is 480. The van der Waals surface area contributed by atoms with E-state index < -0.39 is 5.97 Å². The Balaban J connectivity index is 2.29. The van der Waals surface area contributed by atoms with Crippen molar-refractivity contribution in [2.24, 2.45) is 0 Å². The molecule has 0 unspecified atom stereocenters. The summed E-state index contributed by atoms with van der Waals surface area (Å²) >= 11 is 0. The molecular weight excluding hydrogens is 249 g/mol. The molecule has 1 aromatic carbocycles. The Morgan fingerprint density at radius 3 is 3.00 bits per heavy atom. The zero-order valence-electron chi connectivity index (χ0n) is 10.5. The molecule has 5 heteroatoms. The first-order valence-electron chi connectivity index (χ1n) is 6.20. The van der Waals surface area contributed by atoms with Crippen LogP contribution in [0.15, 0.2) is 24.3 Å². The molecule has 0 bridgehead atoms. The highest BCUT2D eigenvalue weighted by atomic mass is 19.1. The van der Waals surface area contributed by atoms with Crippen LogP contribution in [-0.2, 0) is 9.53 Å². The molecule has 0 atom stereocenters. The Hall–Kier alpha value is -1.88. The SMILES string of the molecule is O=C(O)/C=C/c1cc(F)ccc1N1CCCOCC1. The second-order valence-corrected chi connectivity index (χ2v) is 4.33. The lowest BCUT2D eigenvalue weighted by atomic mass is 10.1. The Morgan fingerprint density at radius 2 is 2.21 bits per heavy atom. The number of benzene rings is 1. The third-order valence-electron chi connectivity index (χ3n) is 2.96. The number of hydrogen-bond donors (Lipinski definition) is 1. The molecule has 0 amide bonds. The number of halogens is 1. The summed E-state index contributed by atoms with van der Waals surface area (Å²) in [6.07, 6.45) is 3.35. The lowest BCUT2D eigenvalue weighted by Gasteiger charge is -2.24. The number of anilines is 1. The van der Waals surface area contributed by atoms with Gasteiger partial charge in [0.05, 0.1) is 6.61 Å². The first-order chi connectivity index (χ1) is 9.16. The predicted molar refractivity (Wildman–Crippen MR) is 70.7 cm³/mol. The monoisotopic (exact) mass is 265 g/mol. The third kappa shape index (κ3) is 3.79. The largest absolute Gasteiger partial charge is 0.478 e. The smallest absolute Gasteiger partial charge is 0.328 e. The number of nitrogens with zero attached hydrogens (tertiary/aromatic N) is 1. The van der Waals surface area contributed by atoms with Gasteiger partial charge in [0.2, 0.25) is 0 Å². The fraction of sp³-hybridized carbons (Fsp3) is 0.357. The molecular formula is C14H16FNO3. The summed E-state index contributed by atoms with van der Waals surface area (Å²) in [7, 11) is 0. The van der Waals surface area contributed by atoms with Crippen molar-refractivity contribution in [1.29, 1.82) is 0 Å². The summed E-state index contributed by atoms with van der Waals surface area (Å²) in [5.74, 6) is -1.42. The van der Waals surface area contributed by atoms with Gasteiger partial charge in [-0.05, 0) is 30.7 Å². The second kappa shape index (κ2) is 6.33. The number of ether oxygens (including phenoxy) is 1. The minimum atomic E-state index is -1.05. The first kappa shape index (κ1) is 13.5. The van der Waals surface area contributed by atoms with E-state index in [9.17, 15) is 9.18 Å². The van der Waals surface area contributed by atoms with Gasteiger partial charge in [-0.2, -0.15) is 0 Å². The molecule has 102 valence electrons. The fourth-order valence-electron chi connectivity index (χ4n) is 2.09. The van der Waals surface area contributed by atoms with Crippen molar-refractivity contribution in [1.82, 2.24) is 0 Å². The molecule has 0 spiro atoms. The molecule has 1 aromatic rings. The van der Waals surface area contributed by atoms with Crippen molar-refractivity contribution in [2.75, 3.05) is 31.2 Å². The molecule has 19 heavy (non-hydrogen) atoms. The molecule has 0 radical (unpaired) electrons. The van der Waals surface area contributed by atoms with Gasteiger partial charge in [0.1, 0.15) is 5.82 Å². The van der Waals surface area contributed by atoms with E-state index in [1.807, 2.05) is 0 Å². The molecule has 1 aliphatic heterocycles. The van der Waals surface area contributed by atoms with Crippen LogP contribution >= 0.6 is 0 Å². The Kier molecular flexibility index (Phi) is 4.52. The van der Waals surface area contributed by atoms with Gasteiger partial charge in [-0.15, -0.1) is 0 Å². The predicted octanol–water partition coefficient (Wildman–Crippen LogP) is 2.15. The summed E-state index contributed by atoms with van der Waals surface area (Å²) in [6, 6.07) is 4.42. The van der Waals surface area contributed by atoms with E-state index in [0.717, 1.165) is 37.9 Å². The van der Waals surface area contributed by atoms with Crippen molar-refractivity contribution in [3.05, 3.63) is 35.7 Å². The topological polar surface area (TPSA) is 49.8 Å². The van der Waals surface area contributed by atoms with Crippen LogP contribution in [0.25, 0.3) is 6.08 Å². The van der Waals surface area contributed by atoms with Crippen LogP contribution in [0.5, 0.6) is 0 Å². The maximum Gasteiger partial charge on any atom is 0.328 e. The summed E-state index contributed by atoms with van der Waals surface area (Å²) in [5.41, 5.74) is 1.41. The fourth-order valence-corrected chi connectivity index (χ4v) is 2.09. The third-order valence-corrected chi connectivity index (χ3v) is 2.96. The van der Waals surface area contributed by atoms with Crippen molar-refractivity contribution in [3.8, 4) is 0 Å². The number of hydrogen-bond acceptors (Lipinski definition) is 3. The number of carbonyl (C=O) groups is 1. The van der Waals surface area contributed by atoms with Gasteiger partial charge >= 0.3 is 5.97 Å². The molecule has 0 aromatic heterocycles. The van der Waals surface area contributed by atoms with Crippen LogP contribution in [-0.4, -0.2) is 37.4 Å². The standard InChI is InChI=1S/C14H16FNO3/c15-12-3-4-13(11(10-12)2-5-14(17)18)16-6-1-8-19-9-7-16/h2-5,10H,1,6-9H2,(H,17,18)/b5-2+. The summed E-state index contributed by atoms with van der Waals surface area (Å²) < 4.78 is 18.7. The average Bonchev–Trinajstić information content (AvgIpc) is 2.65. The van der Waals surface area contributed by atoms with Crippen LogP contribution in [0.4, 0.5) is 10.1 Å². The minimum Gasteiger partial charge on any atom is -0.478 e. The molecule has 1 heterocycles. The Labute approximate surface area is 111 Å². The molecule has 1 aliphatic rings. The molecule has 0 aliphatic carbocycles. The summed E-state index contributed by atoms with van der Waals surface area (Å²) in [5, 5.41) is 8.68. The first-order valence-corrected chi connectivity index (χ1v) is 6.20. The van der Waals surface area contributed by atoms with Crippen molar-refractivity contribution in [3.63, 3.8) is 0 Å². The van der Waals surface area contributed by atoms with Gasteiger partial charge in [-0.1, -0.05) is 0 Å². The molecule has 2 rings (SSSR count). The van der Waals surface area contributed by atoms with E-state index in [1.165, 1.54) is 18.2 Å². The van der Waals surface area contributed by atoms with Gasteiger partial charge in [-0.25, -0.2) is 9.18 Å². The average molecular weight is 265 g/mol. The van der Waals surface area contributed by atoms with Crippen LogP contribution in [0.2, 0.25) is 0 Å². The Morgan fingerprint density at radius 1 is 1.37 bits per heavy atom. The minimum absolute atomic E-state index is 0.375. The van der Waals surface area contributed by atoms with Crippen LogP contribution in [0.1, 0.15) is 12.0 Å². The number of carboxylic acids is 1. The van der Waals surface area contributed by atoms with Crippen LogP contribution in [0.3, 0.4) is 0 Å². The molecule has 1 fully saturated rings. The van der Waals surface area contributed by atoms with Gasteiger partial charge in [0.15, 0.2) is 0 Å². The highest BCUT2D eigenvalue weighted by Crippen LogP contribution is 2.24. The van der Waals surface area contributed by atoms with E-state index in [2.05, 4.69) is 4.90 Å². The van der Waals surface area contributed by atoms with Gasteiger partial charge in [0, 0.05) is 37.0 Å². The van der Waals surface area contributed by atoms with Crippen molar-refractivity contribution < 1.29 is 19.0 Å². The highest BCUT2D eigenvalue weighted by molar-refractivity contribution is 5.87. The van der Waals surface area contributed by atoms with Gasteiger partial charge < -0.3 is 14.7 Å². The number of rotatable bonds is 3. The molecule has 4 nitrogen and oxygen atoms in total. The summed E-state index contributed by atoms with van der Waals surface area (Å²) in [4.78, 5) is 12.7. The molecule has 1 saturated heterocycles. The molecule has 0 saturated carbocycles. The second-order valence-electron chi connectivity index (χ2n) is 4.33. The van der Waals surface area contributed by atoms with E-state index in [-0.39, 0.29) is 5.82 Å². The van der Waals surface area contributed by atoms with Crippen molar-refractivity contribution in [2.45, 2.75) is 6.42 Å². The maximum atomic E-state index is 13.3. The number of aliphatic carboxylic acids is 1. The maximum absolute atomic E-state index is 13.3.